The number of nitrogens with one attached hydrogen (secondary N) is 1. The van der Waals surface area contributed by atoms with Crippen molar-refractivity contribution in [2.45, 2.75) is 45.3 Å². The van der Waals surface area contributed by atoms with Crippen molar-refractivity contribution in [3.05, 3.63) is 59.7 Å². The van der Waals surface area contributed by atoms with Crippen molar-refractivity contribution in [2.24, 2.45) is 7.05 Å². The van der Waals surface area contributed by atoms with Gasteiger partial charge in [0, 0.05) is 24.7 Å². The van der Waals surface area contributed by atoms with Crippen LogP contribution in [0.4, 0.5) is 19.0 Å². The van der Waals surface area contributed by atoms with Crippen LogP contribution in [0.15, 0.2) is 36.8 Å². The number of pyridine rings is 1. The summed E-state index contributed by atoms with van der Waals surface area (Å²) in [6.45, 7) is 5.53. The lowest BCUT2D eigenvalue weighted by atomic mass is 9.92. The van der Waals surface area contributed by atoms with Gasteiger partial charge in [-0.3, -0.25) is 9.67 Å². The molecule has 13 heteroatoms. The molecule has 1 atom stereocenters. The molecule has 3 aromatic heterocycles. The van der Waals surface area contributed by atoms with Crippen molar-refractivity contribution in [3.8, 4) is 17.2 Å². The zero-order valence-electron chi connectivity index (χ0n) is 23.0. The van der Waals surface area contributed by atoms with E-state index in [0.29, 0.717) is 39.8 Å². The summed E-state index contributed by atoms with van der Waals surface area (Å²) in [7, 11) is 3.28. The number of alkyl halides is 2. The third-order valence-corrected chi connectivity index (χ3v) is 6.17. The first kappa shape index (κ1) is 28.9. The number of nitrogens with zero attached hydrogens (tertiary/aromatic N) is 5. The molecule has 40 heavy (non-hydrogen) atoms. The lowest BCUT2D eigenvalue weighted by Gasteiger charge is -2.30. The van der Waals surface area contributed by atoms with Gasteiger partial charge in [0.15, 0.2) is 23.1 Å². The fourth-order valence-corrected chi connectivity index (χ4v) is 4.03. The minimum absolute atomic E-state index is 0.194. The van der Waals surface area contributed by atoms with Crippen LogP contribution in [-0.2, 0) is 13.0 Å². The highest BCUT2D eigenvalue weighted by atomic mass is 19.3. The van der Waals surface area contributed by atoms with Crippen molar-refractivity contribution < 1.29 is 32.5 Å². The summed E-state index contributed by atoms with van der Waals surface area (Å²) >= 11 is 0. The third-order valence-electron chi connectivity index (χ3n) is 6.17. The molecule has 0 unspecified atom stereocenters. The Labute approximate surface area is 229 Å². The van der Waals surface area contributed by atoms with E-state index in [1.807, 2.05) is 0 Å². The number of aliphatic hydroxyl groups is 1. The van der Waals surface area contributed by atoms with Gasteiger partial charge in [0.2, 0.25) is 0 Å². The summed E-state index contributed by atoms with van der Waals surface area (Å²) in [6.07, 6.45) is 4.41. The van der Waals surface area contributed by atoms with Gasteiger partial charge in [-0.2, -0.15) is 13.9 Å². The maximum Gasteiger partial charge on any atom is 0.303 e. The molecule has 3 heterocycles. The average molecular weight is 561 g/mol. The van der Waals surface area contributed by atoms with Crippen molar-refractivity contribution >= 4 is 16.7 Å². The standard InChI is InChI=1S/C27H31F3N6O4/c1-15(24-23(28)19(7-8-31-24)27(29,30)26(3,4)37)33-25-18-11-22(21(38-6)12-20(18)34-16(2)35-25)40-10-9-39-17-13-32-36(5)14-17/h7-8,11-15,37H,9-10H2,1-6H3,(H,33,34,35)/t15-/m1/s1. The molecule has 4 rings (SSSR count). The van der Waals surface area contributed by atoms with Gasteiger partial charge in [-0.1, -0.05) is 0 Å². The number of rotatable bonds is 11. The first-order valence-corrected chi connectivity index (χ1v) is 12.4. The lowest BCUT2D eigenvalue weighted by Crippen LogP contribution is -2.41. The van der Waals surface area contributed by atoms with Crippen LogP contribution in [0.2, 0.25) is 0 Å². The Bertz CT molecular complexity index is 1510. The Kier molecular flexibility index (Phi) is 8.05. The molecule has 1 aromatic carbocycles. The quantitative estimate of drug-likeness (QED) is 0.252. The Morgan fingerprint density at radius 3 is 2.50 bits per heavy atom. The second-order valence-corrected chi connectivity index (χ2v) is 9.74. The SMILES string of the molecule is COc1cc2nc(C)nc(N[C@H](C)c3nccc(C(F)(F)C(C)(C)O)c3F)c2cc1OCCOc1cnn(C)c1. The second kappa shape index (κ2) is 11.2. The first-order valence-electron chi connectivity index (χ1n) is 12.4. The summed E-state index contributed by atoms with van der Waals surface area (Å²) < 4.78 is 63.5. The molecule has 2 N–H and O–H groups in total. The molecule has 0 aliphatic carbocycles. The molecular weight excluding hydrogens is 529 g/mol. The number of fused-ring (bicyclic) bond motifs is 1. The smallest absolute Gasteiger partial charge is 0.303 e. The maximum atomic E-state index is 15.3. The molecule has 0 saturated carbocycles. The fraction of sp³-hybridized carbons (Fsp3) is 0.407. The third kappa shape index (κ3) is 5.88. The van der Waals surface area contributed by atoms with E-state index in [4.69, 9.17) is 14.2 Å². The van der Waals surface area contributed by atoms with Crippen molar-refractivity contribution in [1.29, 1.82) is 0 Å². The molecule has 0 radical (unpaired) electrons. The monoisotopic (exact) mass is 560 g/mol. The van der Waals surface area contributed by atoms with Crippen LogP contribution >= 0.6 is 0 Å². The molecular formula is C27H31F3N6O4. The topological polar surface area (TPSA) is 116 Å². The Morgan fingerprint density at radius 2 is 1.85 bits per heavy atom. The van der Waals surface area contributed by atoms with Gasteiger partial charge in [0.25, 0.3) is 0 Å². The van der Waals surface area contributed by atoms with Gasteiger partial charge in [-0.05, 0) is 39.8 Å². The fourth-order valence-electron chi connectivity index (χ4n) is 4.03. The Hall–Kier alpha value is -4.13. The highest BCUT2D eigenvalue weighted by Crippen LogP contribution is 2.41. The molecule has 0 bridgehead atoms. The summed E-state index contributed by atoms with van der Waals surface area (Å²) in [5.74, 6) is -2.91. The van der Waals surface area contributed by atoms with E-state index in [9.17, 15) is 13.9 Å². The maximum absolute atomic E-state index is 15.3. The van der Waals surface area contributed by atoms with Crippen LogP contribution in [0.25, 0.3) is 10.9 Å². The molecule has 4 aromatic rings. The van der Waals surface area contributed by atoms with Gasteiger partial charge in [-0.15, -0.1) is 0 Å². The molecule has 0 spiro atoms. The zero-order chi connectivity index (χ0) is 29.2. The summed E-state index contributed by atoms with van der Waals surface area (Å²) in [5, 5.41) is 17.6. The summed E-state index contributed by atoms with van der Waals surface area (Å²) in [4.78, 5) is 12.9. The molecule has 0 aliphatic heterocycles. The zero-order valence-corrected chi connectivity index (χ0v) is 23.0. The van der Waals surface area contributed by atoms with Gasteiger partial charge >= 0.3 is 5.92 Å². The number of ether oxygens (including phenoxy) is 3. The number of hydrogen-bond donors (Lipinski definition) is 2. The number of benzene rings is 1. The van der Waals surface area contributed by atoms with Gasteiger partial charge in [0.1, 0.15) is 30.5 Å². The number of methoxy groups -OCH3 is 1. The molecule has 214 valence electrons. The molecule has 0 amide bonds. The van der Waals surface area contributed by atoms with Crippen molar-refractivity contribution in [3.63, 3.8) is 0 Å². The highest BCUT2D eigenvalue weighted by Gasteiger charge is 2.49. The molecule has 0 saturated heterocycles. The number of aromatic nitrogens is 5. The molecule has 0 fully saturated rings. The molecule has 10 nitrogen and oxygen atoms in total. The van der Waals surface area contributed by atoms with Crippen LogP contribution in [0.5, 0.6) is 17.2 Å². The highest BCUT2D eigenvalue weighted by molar-refractivity contribution is 5.92. The van der Waals surface area contributed by atoms with Crippen LogP contribution in [-0.4, -0.2) is 55.8 Å². The van der Waals surface area contributed by atoms with E-state index >= 15 is 4.39 Å². The molecule has 0 aliphatic rings. The van der Waals surface area contributed by atoms with Crippen molar-refractivity contribution in [1.82, 2.24) is 24.7 Å². The lowest BCUT2D eigenvalue weighted by molar-refractivity contribution is -0.170. The largest absolute Gasteiger partial charge is 0.493 e. The normalized spacial score (nSPS) is 12.8. The predicted molar refractivity (Wildman–Crippen MR) is 141 cm³/mol. The van der Waals surface area contributed by atoms with E-state index in [-0.39, 0.29) is 18.9 Å². The van der Waals surface area contributed by atoms with Gasteiger partial charge in [-0.25, -0.2) is 14.4 Å². The van der Waals surface area contributed by atoms with Crippen LogP contribution < -0.4 is 19.5 Å². The van der Waals surface area contributed by atoms with Crippen molar-refractivity contribution in [2.75, 3.05) is 25.6 Å². The number of hydrogen-bond acceptors (Lipinski definition) is 9. The average Bonchev–Trinajstić information content (AvgIpc) is 3.30. The minimum atomic E-state index is -3.85. The number of aryl methyl sites for hydroxylation is 2. The van der Waals surface area contributed by atoms with Crippen LogP contribution in [0.1, 0.15) is 43.9 Å². The van der Waals surface area contributed by atoms with E-state index in [2.05, 4.69) is 25.4 Å². The van der Waals surface area contributed by atoms with Crippen LogP contribution in [0.3, 0.4) is 0 Å². The first-order chi connectivity index (χ1) is 18.8. The Balaban J connectivity index is 1.62. The number of halogens is 3. The predicted octanol–water partition coefficient (Wildman–Crippen LogP) is 4.71. The van der Waals surface area contributed by atoms with E-state index in [1.54, 1.807) is 50.1 Å². The van der Waals surface area contributed by atoms with Gasteiger partial charge < -0.3 is 24.6 Å². The van der Waals surface area contributed by atoms with E-state index < -0.39 is 28.9 Å². The van der Waals surface area contributed by atoms with Crippen LogP contribution in [0, 0.1) is 12.7 Å². The summed E-state index contributed by atoms with van der Waals surface area (Å²) in [6, 6.07) is 3.34. The van der Waals surface area contributed by atoms with Gasteiger partial charge in [0.05, 0.1) is 42.3 Å². The number of anilines is 1. The van der Waals surface area contributed by atoms with E-state index in [1.165, 1.54) is 7.11 Å². The Morgan fingerprint density at radius 1 is 1.12 bits per heavy atom. The second-order valence-electron chi connectivity index (χ2n) is 9.74. The minimum Gasteiger partial charge on any atom is -0.493 e. The van der Waals surface area contributed by atoms with E-state index in [0.717, 1.165) is 26.1 Å². The summed E-state index contributed by atoms with van der Waals surface area (Å²) in [5.41, 5.74) is -3.17.